The average Bonchev–Trinajstić information content (AvgIpc) is 2.47. The lowest BCUT2D eigenvalue weighted by atomic mass is 10.4. The summed E-state index contributed by atoms with van der Waals surface area (Å²) < 4.78 is 10.0. The number of aromatic nitrogens is 1. The Labute approximate surface area is 76.9 Å². The van der Waals surface area contributed by atoms with Crippen LogP contribution in [0.4, 0.5) is 0 Å². The number of ether oxygens (including phenoxy) is 1. The molecule has 0 fully saturated rings. The number of esters is 1. The molecule has 0 saturated carbocycles. The number of carbonyl (C=O) groups excluding carboxylic acids is 1. The topological polar surface area (TPSA) is 52.3 Å². The third-order valence-electron chi connectivity index (χ3n) is 1.61. The molecule has 1 heterocycles. The van der Waals surface area contributed by atoms with Gasteiger partial charge in [-0.25, -0.2) is 9.78 Å². The molecular formula is C9H13NO3. The summed E-state index contributed by atoms with van der Waals surface area (Å²) in [6.07, 6.45) is 0.681. The Morgan fingerprint density at radius 3 is 2.69 bits per heavy atom. The van der Waals surface area contributed by atoms with Gasteiger partial charge < -0.3 is 9.15 Å². The Bertz CT molecular complexity index is 304. The zero-order chi connectivity index (χ0) is 9.84. The van der Waals surface area contributed by atoms with Crippen molar-refractivity contribution in [2.75, 3.05) is 6.61 Å². The molecule has 72 valence electrons. The van der Waals surface area contributed by atoms with Crippen molar-refractivity contribution in [2.45, 2.75) is 27.2 Å². The first-order valence-corrected chi connectivity index (χ1v) is 4.32. The number of hydrogen-bond acceptors (Lipinski definition) is 4. The lowest BCUT2D eigenvalue weighted by Gasteiger charge is -1.96. The summed E-state index contributed by atoms with van der Waals surface area (Å²) in [7, 11) is 0. The summed E-state index contributed by atoms with van der Waals surface area (Å²) in [5, 5.41) is 0. The molecule has 1 aromatic rings. The Kier molecular flexibility index (Phi) is 3.06. The first kappa shape index (κ1) is 9.77. The second kappa shape index (κ2) is 4.07. The molecule has 0 aliphatic heterocycles. The summed E-state index contributed by atoms with van der Waals surface area (Å²) in [4.78, 5) is 15.3. The molecule has 4 nitrogen and oxygen atoms in total. The summed E-state index contributed by atoms with van der Waals surface area (Å²) >= 11 is 0. The van der Waals surface area contributed by atoms with Crippen LogP contribution < -0.4 is 0 Å². The zero-order valence-corrected chi connectivity index (χ0v) is 8.09. The largest absolute Gasteiger partial charge is 0.461 e. The van der Waals surface area contributed by atoms with Crippen molar-refractivity contribution in [3.05, 3.63) is 17.3 Å². The fraction of sp³-hybridized carbons (Fsp3) is 0.556. The van der Waals surface area contributed by atoms with Crippen LogP contribution in [0.3, 0.4) is 0 Å². The van der Waals surface area contributed by atoms with Crippen LogP contribution in [0.25, 0.3) is 0 Å². The summed E-state index contributed by atoms with van der Waals surface area (Å²) in [6.45, 7) is 5.74. The minimum atomic E-state index is -0.413. The van der Waals surface area contributed by atoms with Crippen LogP contribution in [0.1, 0.15) is 36.0 Å². The van der Waals surface area contributed by atoms with Crippen LogP contribution in [-0.4, -0.2) is 17.6 Å². The lowest BCUT2D eigenvalue weighted by molar-refractivity contribution is 0.0518. The van der Waals surface area contributed by atoms with Crippen LogP contribution in [0.2, 0.25) is 0 Å². The Balaban J connectivity index is 2.87. The van der Waals surface area contributed by atoms with E-state index in [9.17, 15) is 4.79 Å². The Hall–Kier alpha value is -1.32. The molecule has 0 spiro atoms. The van der Waals surface area contributed by atoms with Crippen LogP contribution in [0, 0.1) is 6.92 Å². The molecule has 0 unspecified atom stereocenters. The van der Waals surface area contributed by atoms with Crippen molar-refractivity contribution in [3.8, 4) is 0 Å². The van der Waals surface area contributed by atoms with E-state index in [2.05, 4.69) is 4.98 Å². The van der Waals surface area contributed by atoms with Gasteiger partial charge in [-0.3, -0.25) is 0 Å². The molecule has 13 heavy (non-hydrogen) atoms. The summed E-state index contributed by atoms with van der Waals surface area (Å²) in [5.41, 5.74) is 0.290. The van der Waals surface area contributed by atoms with Crippen LogP contribution in [0.5, 0.6) is 0 Å². The number of nitrogens with zero attached hydrogens (tertiary/aromatic N) is 1. The van der Waals surface area contributed by atoms with Crippen molar-refractivity contribution in [1.29, 1.82) is 0 Å². The molecule has 0 atom stereocenters. The first-order valence-electron chi connectivity index (χ1n) is 4.32. The van der Waals surface area contributed by atoms with Crippen molar-refractivity contribution < 1.29 is 13.9 Å². The van der Waals surface area contributed by atoms with Gasteiger partial charge in [-0.2, -0.15) is 0 Å². The minimum Gasteiger partial charge on any atom is -0.461 e. The fourth-order valence-electron chi connectivity index (χ4n) is 0.991. The van der Waals surface area contributed by atoms with Crippen LogP contribution in [-0.2, 0) is 11.2 Å². The maximum Gasteiger partial charge on any atom is 0.360 e. The molecule has 1 aromatic heterocycles. The highest BCUT2D eigenvalue weighted by Gasteiger charge is 2.16. The molecule has 0 aromatic carbocycles. The van der Waals surface area contributed by atoms with Gasteiger partial charge in [0, 0.05) is 6.42 Å². The van der Waals surface area contributed by atoms with E-state index in [4.69, 9.17) is 9.15 Å². The zero-order valence-electron chi connectivity index (χ0n) is 8.09. The van der Waals surface area contributed by atoms with Gasteiger partial charge in [0.25, 0.3) is 0 Å². The Morgan fingerprint density at radius 2 is 2.23 bits per heavy atom. The highest BCUT2D eigenvalue weighted by atomic mass is 16.5. The SMILES string of the molecule is CCOC(=O)c1nc(CC)oc1C. The van der Waals surface area contributed by atoms with Crippen molar-refractivity contribution >= 4 is 5.97 Å². The molecule has 1 rings (SSSR count). The van der Waals surface area contributed by atoms with Gasteiger partial charge in [0.1, 0.15) is 5.76 Å². The van der Waals surface area contributed by atoms with Gasteiger partial charge in [-0.05, 0) is 13.8 Å². The van der Waals surface area contributed by atoms with E-state index >= 15 is 0 Å². The van der Waals surface area contributed by atoms with Gasteiger partial charge in [0.2, 0.25) is 0 Å². The van der Waals surface area contributed by atoms with Gasteiger partial charge in [0.05, 0.1) is 6.61 Å². The standard InChI is InChI=1S/C9H13NO3/c1-4-7-10-8(6(3)13-7)9(11)12-5-2/h4-5H2,1-3H3. The number of aryl methyl sites for hydroxylation is 2. The van der Waals surface area contributed by atoms with Gasteiger partial charge in [-0.1, -0.05) is 6.92 Å². The lowest BCUT2D eigenvalue weighted by Crippen LogP contribution is -2.06. The highest BCUT2D eigenvalue weighted by molar-refractivity contribution is 5.88. The monoisotopic (exact) mass is 183 g/mol. The second-order valence-corrected chi connectivity index (χ2v) is 2.59. The van der Waals surface area contributed by atoms with Crippen LogP contribution in [0.15, 0.2) is 4.42 Å². The number of rotatable bonds is 3. The summed E-state index contributed by atoms with van der Waals surface area (Å²) in [5.74, 6) is 0.680. The quantitative estimate of drug-likeness (QED) is 0.669. The van der Waals surface area contributed by atoms with Gasteiger partial charge >= 0.3 is 5.97 Å². The third-order valence-corrected chi connectivity index (χ3v) is 1.61. The second-order valence-electron chi connectivity index (χ2n) is 2.59. The molecule has 0 aliphatic carbocycles. The van der Waals surface area contributed by atoms with E-state index in [0.717, 1.165) is 0 Å². The van der Waals surface area contributed by atoms with E-state index < -0.39 is 5.97 Å². The molecule has 4 heteroatoms. The molecule has 0 amide bonds. The third kappa shape index (κ3) is 2.08. The predicted molar refractivity (Wildman–Crippen MR) is 46.6 cm³/mol. The molecule has 0 aliphatic rings. The average molecular weight is 183 g/mol. The van der Waals surface area contributed by atoms with Crippen molar-refractivity contribution in [1.82, 2.24) is 4.98 Å². The number of oxazole rings is 1. The maximum atomic E-state index is 11.3. The van der Waals surface area contributed by atoms with Crippen LogP contribution >= 0.6 is 0 Å². The molecule has 0 N–H and O–H groups in total. The normalized spacial score (nSPS) is 10.1. The van der Waals surface area contributed by atoms with E-state index in [1.54, 1.807) is 13.8 Å². The molecular weight excluding hydrogens is 170 g/mol. The highest BCUT2D eigenvalue weighted by Crippen LogP contribution is 2.11. The molecule has 0 bridgehead atoms. The number of hydrogen-bond donors (Lipinski definition) is 0. The van der Waals surface area contributed by atoms with E-state index in [1.807, 2.05) is 6.92 Å². The smallest absolute Gasteiger partial charge is 0.360 e. The van der Waals surface area contributed by atoms with Gasteiger partial charge in [0.15, 0.2) is 11.6 Å². The van der Waals surface area contributed by atoms with Gasteiger partial charge in [-0.15, -0.1) is 0 Å². The van der Waals surface area contributed by atoms with E-state index in [-0.39, 0.29) is 0 Å². The van der Waals surface area contributed by atoms with E-state index in [1.165, 1.54) is 0 Å². The van der Waals surface area contributed by atoms with E-state index in [0.29, 0.717) is 30.4 Å². The first-order chi connectivity index (χ1) is 6.19. The summed E-state index contributed by atoms with van der Waals surface area (Å²) in [6, 6.07) is 0. The van der Waals surface area contributed by atoms with Crippen molar-refractivity contribution in [3.63, 3.8) is 0 Å². The predicted octanol–water partition coefficient (Wildman–Crippen LogP) is 1.72. The minimum absolute atomic E-state index is 0.290. The number of carbonyl (C=O) groups is 1. The van der Waals surface area contributed by atoms with Crippen molar-refractivity contribution in [2.24, 2.45) is 0 Å². The maximum absolute atomic E-state index is 11.3. The molecule has 0 radical (unpaired) electrons. The molecule has 0 saturated heterocycles. The fourth-order valence-corrected chi connectivity index (χ4v) is 0.991. The Morgan fingerprint density at radius 1 is 1.54 bits per heavy atom.